The number of rotatable bonds is 3. The third-order valence-electron chi connectivity index (χ3n) is 5.68. The van der Waals surface area contributed by atoms with Gasteiger partial charge in [0.05, 0.1) is 15.9 Å². The molecule has 4 heteroatoms. The Morgan fingerprint density at radius 3 is 2.06 bits per heavy atom. The summed E-state index contributed by atoms with van der Waals surface area (Å²) in [6.07, 6.45) is 3.69. The predicted octanol–water partition coefficient (Wildman–Crippen LogP) is 8.14. The highest BCUT2D eigenvalue weighted by Gasteiger charge is 2.12. The van der Waals surface area contributed by atoms with Gasteiger partial charge >= 0.3 is 0 Å². The van der Waals surface area contributed by atoms with Crippen LogP contribution in [-0.4, -0.2) is 9.97 Å². The van der Waals surface area contributed by atoms with Crippen LogP contribution in [0.4, 0.5) is 0 Å². The predicted molar refractivity (Wildman–Crippen MR) is 133 cm³/mol. The molecule has 0 saturated heterocycles. The molecule has 0 amide bonds. The summed E-state index contributed by atoms with van der Waals surface area (Å²) < 4.78 is 6.99. The zero-order chi connectivity index (χ0) is 21.5. The number of furan rings is 1. The summed E-state index contributed by atoms with van der Waals surface area (Å²) in [5.74, 6) is 0. The lowest BCUT2D eigenvalue weighted by Gasteiger charge is -2.07. The maximum Gasteiger partial charge on any atom is 0.149 e. The smallest absolute Gasteiger partial charge is 0.149 e. The van der Waals surface area contributed by atoms with Gasteiger partial charge in [-0.15, -0.1) is 0 Å². The second kappa shape index (κ2) is 7.74. The molecule has 0 radical (unpaired) electrons. The Balaban J connectivity index is 1.34. The van der Waals surface area contributed by atoms with Crippen LogP contribution in [-0.2, 0) is 0 Å². The van der Waals surface area contributed by atoms with Gasteiger partial charge in [-0.3, -0.25) is 9.97 Å². The highest BCUT2D eigenvalue weighted by Crippen LogP contribution is 2.37. The number of hydrogen-bond donors (Lipinski definition) is 0. The number of fused-ring (bicyclic) bond motifs is 3. The molecule has 0 unspecified atom stereocenters. The fraction of sp³-hybridized carbons (Fsp3) is 0. The molecule has 6 aromatic rings. The molecule has 3 aromatic heterocycles. The zero-order valence-electron chi connectivity index (χ0n) is 17.0. The number of halogens is 1. The molecular formula is C28H17BrN2O. The van der Waals surface area contributed by atoms with Crippen LogP contribution in [0.1, 0.15) is 0 Å². The van der Waals surface area contributed by atoms with Crippen LogP contribution in [0, 0.1) is 0 Å². The summed E-state index contributed by atoms with van der Waals surface area (Å²) in [6.45, 7) is 0. The van der Waals surface area contributed by atoms with Crippen molar-refractivity contribution in [1.29, 1.82) is 0 Å². The topological polar surface area (TPSA) is 38.9 Å². The Hall–Kier alpha value is -3.76. The number of aromatic nitrogens is 2. The molecular weight excluding hydrogens is 460 g/mol. The average molecular weight is 477 g/mol. The molecule has 3 nitrogen and oxygen atoms in total. The van der Waals surface area contributed by atoms with E-state index in [2.05, 4.69) is 74.4 Å². The van der Waals surface area contributed by atoms with Crippen molar-refractivity contribution in [3.63, 3.8) is 0 Å². The summed E-state index contributed by atoms with van der Waals surface area (Å²) in [7, 11) is 0. The molecule has 3 aromatic carbocycles. The number of para-hydroxylation sites is 1. The Morgan fingerprint density at radius 2 is 1.31 bits per heavy atom. The summed E-state index contributed by atoms with van der Waals surface area (Å²) in [4.78, 5) is 8.96. The lowest BCUT2D eigenvalue weighted by molar-refractivity contribution is 0.667. The van der Waals surface area contributed by atoms with E-state index in [1.165, 1.54) is 0 Å². The van der Waals surface area contributed by atoms with Crippen molar-refractivity contribution < 1.29 is 4.42 Å². The van der Waals surface area contributed by atoms with Gasteiger partial charge in [-0.25, -0.2) is 0 Å². The van der Waals surface area contributed by atoms with E-state index in [4.69, 9.17) is 4.42 Å². The summed E-state index contributed by atoms with van der Waals surface area (Å²) in [5, 5.41) is 2.24. The SMILES string of the molecule is Brc1cc(-c2ccc(-c3ccc(-c4ccccn4)nc3)cc2)cc2c1oc1ccccc12. The normalized spacial score (nSPS) is 11.3. The van der Waals surface area contributed by atoms with Crippen LogP contribution in [0.25, 0.3) is 55.6 Å². The van der Waals surface area contributed by atoms with Crippen molar-refractivity contribution in [3.8, 4) is 33.6 Å². The van der Waals surface area contributed by atoms with Crippen LogP contribution in [0.3, 0.4) is 0 Å². The molecule has 0 saturated carbocycles. The Bertz CT molecular complexity index is 1550. The third-order valence-corrected chi connectivity index (χ3v) is 6.26. The van der Waals surface area contributed by atoms with E-state index in [-0.39, 0.29) is 0 Å². The Morgan fingerprint density at radius 1 is 0.594 bits per heavy atom. The first-order chi connectivity index (χ1) is 15.8. The van der Waals surface area contributed by atoms with Gasteiger partial charge in [0.25, 0.3) is 0 Å². The van der Waals surface area contributed by atoms with Gasteiger partial charge < -0.3 is 4.42 Å². The van der Waals surface area contributed by atoms with E-state index in [1.807, 2.05) is 48.7 Å². The van der Waals surface area contributed by atoms with Crippen molar-refractivity contribution in [2.24, 2.45) is 0 Å². The van der Waals surface area contributed by atoms with E-state index in [0.717, 1.165) is 60.1 Å². The maximum atomic E-state index is 6.03. The monoisotopic (exact) mass is 476 g/mol. The van der Waals surface area contributed by atoms with Crippen molar-refractivity contribution in [2.45, 2.75) is 0 Å². The van der Waals surface area contributed by atoms with Gasteiger partial charge in [0.15, 0.2) is 0 Å². The number of hydrogen-bond acceptors (Lipinski definition) is 3. The third kappa shape index (κ3) is 3.29. The summed E-state index contributed by atoms with van der Waals surface area (Å²) >= 11 is 3.69. The number of benzene rings is 3. The van der Waals surface area contributed by atoms with E-state index in [9.17, 15) is 0 Å². The Labute approximate surface area is 193 Å². The highest BCUT2D eigenvalue weighted by atomic mass is 79.9. The fourth-order valence-corrected chi connectivity index (χ4v) is 4.58. The second-order valence-electron chi connectivity index (χ2n) is 7.66. The van der Waals surface area contributed by atoms with Crippen molar-refractivity contribution >= 4 is 37.9 Å². The van der Waals surface area contributed by atoms with Crippen LogP contribution < -0.4 is 0 Å². The lowest BCUT2D eigenvalue weighted by Crippen LogP contribution is -1.87. The van der Waals surface area contributed by atoms with Gasteiger partial charge in [0.1, 0.15) is 11.2 Å². The molecule has 0 N–H and O–H groups in total. The minimum Gasteiger partial charge on any atom is -0.455 e. The van der Waals surface area contributed by atoms with E-state index in [1.54, 1.807) is 6.20 Å². The van der Waals surface area contributed by atoms with Crippen molar-refractivity contribution in [3.05, 3.63) is 108 Å². The summed E-state index contributed by atoms with van der Waals surface area (Å²) in [5.41, 5.74) is 8.03. The standard InChI is InChI=1S/C28H17BrN2O/c29-24-16-21(15-23-22-5-1-2-7-27(22)32-28(23)24)19-10-8-18(9-11-19)20-12-13-26(31-17-20)25-6-3-4-14-30-25/h1-17H. The minimum absolute atomic E-state index is 0.872. The molecule has 0 atom stereocenters. The van der Waals surface area contributed by atoms with Gasteiger partial charge in [0.2, 0.25) is 0 Å². The number of pyridine rings is 2. The second-order valence-corrected chi connectivity index (χ2v) is 8.51. The first-order valence-electron chi connectivity index (χ1n) is 10.4. The van der Waals surface area contributed by atoms with Gasteiger partial charge in [-0.2, -0.15) is 0 Å². The van der Waals surface area contributed by atoms with Gasteiger partial charge in [-0.05, 0) is 69.0 Å². The van der Waals surface area contributed by atoms with E-state index in [0.29, 0.717) is 0 Å². The molecule has 3 heterocycles. The zero-order valence-corrected chi connectivity index (χ0v) is 18.6. The number of nitrogens with zero attached hydrogens (tertiary/aromatic N) is 2. The Kier molecular flexibility index (Phi) is 4.58. The fourth-order valence-electron chi connectivity index (χ4n) is 4.04. The van der Waals surface area contributed by atoms with Crippen LogP contribution in [0.15, 0.2) is 112 Å². The molecule has 152 valence electrons. The molecule has 0 aliphatic carbocycles. The van der Waals surface area contributed by atoms with Gasteiger partial charge in [0, 0.05) is 28.7 Å². The van der Waals surface area contributed by atoms with Crippen LogP contribution in [0.5, 0.6) is 0 Å². The molecule has 32 heavy (non-hydrogen) atoms. The molecule has 0 bridgehead atoms. The first-order valence-corrected chi connectivity index (χ1v) is 11.1. The largest absolute Gasteiger partial charge is 0.455 e. The molecule has 0 spiro atoms. The molecule has 0 aliphatic heterocycles. The maximum absolute atomic E-state index is 6.03. The van der Waals surface area contributed by atoms with Crippen LogP contribution >= 0.6 is 15.9 Å². The highest BCUT2D eigenvalue weighted by molar-refractivity contribution is 9.10. The van der Waals surface area contributed by atoms with E-state index >= 15 is 0 Å². The first kappa shape index (κ1) is 19.0. The van der Waals surface area contributed by atoms with Crippen molar-refractivity contribution in [1.82, 2.24) is 9.97 Å². The van der Waals surface area contributed by atoms with E-state index < -0.39 is 0 Å². The lowest BCUT2D eigenvalue weighted by atomic mass is 9.99. The van der Waals surface area contributed by atoms with Crippen LogP contribution in [0.2, 0.25) is 0 Å². The molecule has 0 aliphatic rings. The summed E-state index contributed by atoms with van der Waals surface area (Å²) in [6, 6.07) is 31.0. The minimum atomic E-state index is 0.872. The quantitative estimate of drug-likeness (QED) is 0.258. The molecule has 6 rings (SSSR count). The van der Waals surface area contributed by atoms with Gasteiger partial charge in [-0.1, -0.05) is 54.6 Å². The molecule has 0 fully saturated rings. The average Bonchev–Trinajstić information content (AvgIpc) is 3.24. The van der Waals surface area contributed by atoms with Crippen molar-refractivity contribution in [2.75, 3.05) is 0 Å².